The van der Waals surface area contributed by atoms with Crippen molar-refractivity contribution >= 4 is 16.0 Å². The second-order valence-corrected chi connectivity index (χ2v) is 5.44. The molecule has 100 valence electrons. The minimum absolute atomic E-state index is 0.0618. The van der Waals surface area contributed by atoms with Gasteiger partial charge in [0.2, 0.25) is 10.0 Å². The van der Waals surface area contributed by atoms with Crippen molar-refractivity contribution in [2.24, 2.45) is 0 Å². The molecule has 0 saturated carbocycles. The van der Waals surface area contributed by atoms with Gasteiger partial charge in [-0.3, -0.25) is 4.79 Å². The molecule has 1 N–H and O–H groups in total. The number of esters is 1. The average Bonchev–Trinajstić information content (AvgIpc) is 2.35. The Hall–Kier alpha value is -1.60. The van der Waals surface area contributed by atoms with Gasteiger partial charge < -0.3 is 9.84 Å². The van der Waals surface area contributed by atoms with Crippen molar-refractivity contribution in [3.8, 4) is 5.75 Å². The molecule has 0 amide bonds. The maximum atomic E-state index is 12.2. The third kappa shape index (κ3) is 3.21. The summed E-state index contributed by atoms with van der Waals surface area (Å²) < 4.78 is 29.8. The third-order valence-electron chi connectivity index (χ3n) is 2.34. The largest absolute Gasteiger partial charge is 0.508 e. The van der Waals surface area contributed by atoms with E-state index in [1.54, 1.807) is 6.92 Å². The molecule has 1 aromatic rings. The molecule has 0 aliphatic rings. The Morgan fingerprint density at radius 1 is 1.44 bits per heavy atom. The Morgan fingerprint density at radius 2 is 2.11 bits per heavy atom. The lowest BCUT2D eigenvalue weighted by Gasteiger charge is -2.19. The molecule has 0 bridgehead atoms. The molecular formula is C11H15NO5S. The molecule has 0 spiro atoms. The number of carbonyl (C=O) groups excluding carboxylic acids is 1. The van der Waals surface area contributed by atoms with E-state index < -0.39 is 16.0 Å². The highest BCUT2D eigenvalue weighted by molar-refractivity contribution is 7.89. The van der Waals surface area contributed by atoms with E-state index in [0.717, 1.165) is 10.4 Å². The van der Waals surface area contributed by atoms with Gasteiger partial charge in [0.1, 0.15) is 12.3 Å². The Bertz CT molecular complexity index is 526. The summed E-state index contributed by atoms with van der Waals surface area (Å²) in [5.41, 5.74) is 0. The van der Waals surface area contributed by atoms with Crippen molar-refractivity contribution in [3.05, 3.63) is 24.3 Å². The average molecular weight is 273 g/mol. The molecule has 0 heterocycles. The van der Waals surface area contributed by atoms with E-state index in [1.165, 1.54) is 25.3 Å². The standard InChI is InChI=1S/C11H15NO5S/c1-3-12(8-11(14)17-2)18(15,16)10-6-4-5-9(13)7-10/h4-7,13H,3,8H2,1-2H3. The molecule has 0 saturated heterocycles. The maximum Gasteiger partial charge on any atom is 0.321 e. The molecule has 0 aliphatic carbocycles. The van der Waals surface area contributed by atoms with Gasteiger partial charge in [-0.05, 0) is 18.2 Å². The monoisotopic (exact) mass is 273 g/mol. The normalized spacial score (nSPS) is 11.5. The van der Waals surface area contributed by atoms with Gasteiger partial charge >= 0.3 is 5.97 Å². The molecule has 0 atom stereocenters. The van der Waals surface area contributed by atoms with Crippen LogP contribution >= 0.6 is 0 Å². The number of phenolic OH excluding ortho intramolecular Hbond substituents is 1. The Labute approximate surface area is 106 Å². The maximum absolute atomic E-state index is 12.2. The van der Waals surface area contributed by atoms with Crippen molar-refractivity contribution < 1.29 is 23.1 Å². The zero-order valence-electron chi connectivity index (χ0n) is 10.2. The fourth-order valence-electron chi connectivity index (χ4n) is 1.37. The topological polar surface area (TPSA) is 83.9 Å². The van der Waals surface area contributed by atoms with E-state index >= 15 is 0 Å². The first-order valence-corrected chi connectivity index (χ1v) is 6.71. The summed E-state index contributed by atoms with van der Waals surface area (Å²) >= 11 is 0. The van der Waals surface area contributed by atoms with Crippen LogP contribution in [0, 0.1) is 0 Å². The van der Waals surface area contributed by atoms with Crippen molar-refractivity contribution in [2.75, 3.05) is 20.2 Å². The first-order valence-electron chi connectivity index (χ1n) is 5.27. The number of phenols is 1. The summed E-state index contributed by atoms with van der Waals surface area (Å²) in [6.07, 6.45) is 0. The molecule has 18 heavy (non-hydrogen) atoms. The number of benzene rings is 1. The van der Waals surface area contributed by atoms with Crippen molar-refractivity contribution in [3.63, 3.8) is 0 Å². The van der Waals surface area contributed by atoms with Crippen LogP contribution in [0.15, 0.2) is 29.2 Å². The molecule has 0 aromatic heterocycles. The highest BCUT2D eigenvalue weighted by atomic mass is 32.2. The Morgan fingerprint density at radius 3 is 2.61 bits per heavy atom. The molecule has 0 fully saturated rings. The predicted octanol–water partition coefficient (Wildman–Crippen LogP) is 0.576. The lowest BCUT2D eigenvalue weighted by molar-refractivity contribution is -0.140. The fourth-order valence-corrected chi connectivity index (χ4v) is 2.80. The molecule has 7 heteroatoms. The van der Waals surface area contributed by atoms with Gasteiger partial charge in [-0.2, -0.15) is 4.31 Å². The SMILES string of the molecule is CCN(CC(=O)OC)S(=O)(=O)c1cccc(O)c1. The minimum Gasteiger partial charge on any atom is -0.508 e. The number of methoxy groups -OCH3 is 1. The van der Waals surface area contributed by atoms with Gasteiger partial charge in [-0.15, -0.1) is 0 Å². The number of nitrogens with zero attached hydrogens (tertiary/aromatic N) is 1. The van der Waals surface area contributed by atoms with E-state index in [-0.39, 0.29) is 23.7 Å². The number of carbonyl (C=O) groups is 1. The number of ether oxygens (including phenoxy) is 1. The number of rotatable bonds is 5. The van der Waals surface area contributed by atoms with E-state index in [1.807, 2.05) is 0 Å². The van der Waals surface area contributed by atoms with Crippen molar-refractivity contribution in [1.82, 2.24) is 4.31 Å². The van der Waals surface area contributed by atoms with Gasteiger partial charge in [-0.1, -0.05) is 13.0 Å². The van der Waals surface area contributed by atoms with Crippen LogP contribution in [0.5, 0.6) is 5.75 Å². The molecule has 1 aromatic carbocycles. The summed E-state index contributed by atoms with van der Waals surface area (Å²) in [5.74, 6) is -0.786. The summed E-state index contributed by atoms with van der Waals surface area (Å²) in [5, 5.41) is 9.28. The van der Waals surface area contributed by atoms with Crippen LogP contribution in [-0.4, -0.2) is 44.0 Å². The quantitative estimate of drug-likeness (QED) is 0.793. The summed E-state index contributed by atoms with van der Waals surface area (Å²) in [4.78, 5) is 11.1. The summed E-state index contributed by atoms with van der Waals surface area (Å²) in [6, 6.07) is 5.29. The van der Waals surface area contributed by atoms with Crippen LogP contribution in [0.3, 0.4) is 0 Å². The van der Waals surface area contributed by atoms with E-state index in [4.69, 9.17) is 0 Å². The van der Waals surface area contributed by atoms with Gasteiger partial charge in [0.05, 0.1) is 12.0 Å². The van der Waals surface area contributed by atoms with Gasteiger partial charge in [0.25, 0.3) is 0 Å². The van der Waals surface area contributed by atoms with E-state index in [0.29, 0.717) is 0 Å². The molecule has 6 nitrogen and oxygen atoms in total. The third-order valence-corrected chi connectivity index (χ3v) is 4.26. The van der Waals surface area contributed by atoms with Gasteiger partial charge in [0, 0.05) is 6.54 Å². The van der Waals surface area contributed by atoms with Gasteiger partial charge in [0.15, 0.2) is 0 Å². The van der Waals surface area contributed by atoms with Crippen molar-refractivity contribution in [1.29, 1.82) is 0 Å². The number of aromatic hydroxyl groups is 1. The minimum atomic E-state index is -3.81. The number of likely N-dealkylation sites (N-methyl/N-ethyl adjacent to an activating group) is 1. The smallest absolute Gasteiger partial charge is 0.321 e. The van der Waals surface area contributed by atoms with Crippen LogP contribution in [-0.2, 0) is 19.6 Å². The Balaban J connectivity index is 3.07. The summed E-state index contributed by atoms with van der Waals surface area (Å²) in [7, 11) is -2.61. The first-order chi connectivity index (χ1) is 8.41. The molecule has 1 rings (SSSR count). The zero-order chi connectivity index (χ0) is 13.8. The molecule has 0 radical (unpaired) electrons. The zero-order valence-corrected chi connectivity index (χ0v) is 11.0. The second kappa shape index (κ2) is 5.83. The van der Waals surface area contributed by atoms with Gasteiger partial charge in [-0.25, -0.2) is 8.42 Å². The Kier molecular flexibility index (Phi) is 4.69. The van der Waals surface area contributed by atoms with Crippen LogP contribution < -0.4 is 0 Å². The molecule has 0 unspecified atom stereocenters. The summed E-state index contributed by atoms with van der Waals surface area (Å²) in [6.45, 7) is 1.39. The lowest BCUT2D eigenvalue weighted by atomic mass is 10.3. The fraction of sp³-hybridized carbons (Fsp3) is 0.364. The van der Waals surface area contributed by atoms with E-state index in [2.05, 4.69) is 4.74 Å². The first kappa shape index (κ1) is 14.5. The lowest BCUT2D eigenvalue weighted by Crippen LogP contribution is -2.36. The molecule has 0 aliphatic heterocycles. The number of hydrogen-bond donors (Lipinski definition) is 1. The number of sulfonamides is 1. The highest BCUT2D eigenvalue weighted by Gasteiger charge is 2.25. The molecular weight excluding hydrogens is 258 g/mol. The second-order valence-electron chi connectivity index (χ2n) is 3.50. The van der Waals surface area contributed by atoms with Crippen LogP contribution in [0.1, 0.15) is 6.92 Å². The number of hydrogen-bond acceptors (Lipinski definition) is 5. The van der Waals surface area contributed by atoms with Crippen LogP contribution in [0.2, 0.25) is 0 Å². The predicted molar refractivity (Wildman–Crippen MR) is 64.6 cm³/mol. The van der Waals surface area contributed by atoms with E-state index in [9.17, 15) is 18.3 Å². The highest BCUT2D eigenvalue weighted by Crippen LogP contribution is 2.19. The van der Waals surface area contributed by atoms with Crippen LogP contribution in [0.4, 0.5) is 0 Å². The van der Waals surface area contributed by atoms with Crippen LogP contribution in [0.25, 0.3) is 0 Å². The van der Waals surface area contributed by atoms with Crippen molar-refractivity contribution in [2.45, 2.75) is 11.8 Å².